The van der Waals surface area contributed by atoms with Crippen molar-refractivity contribution in [2.45, 2.75) is 20.4 Å². The van der Waals surface area contributed by atoms with E-state index in [1.807, 2.05) is 78.3 Å². The van der Waals surface area contributed by atoms with Gasteiger partial charge in [0.05, 0.1) is 22.6 Å². The summed E-state index contributed by atoms with van der Waals surface area (Å²) in [5.41, 5.74) is 4.64. The fourth-order valence-electron chi connectivity index (χ4n) is 3.79. The number of pyridine rings is 1. The molecule has 0 atom stereocenters. The molecule has 3 heterocycles. The number of amides is 1. The fourth-order valence-corrected chi connectivity index (χ4v) is 3.79. The second-order valence-electron chi connectivity index (χ2n) is 7.22. The molecule has 0 radical (unpaired) electrons. The van der Waals surface area contributed by atoms with Crippen molar-refractivity contribution in [1.29, 1.82) is 0 Å². The van der Waals surface area contributed by atoms with Crippen molar-refractivity contribution in [3.63, 3.8) is 0 Å². The Morgan fingerprint density at radius 2 is 1.64 bits per heavy atom. The van der Waals surface area contributed by atoms with Crippen LogP contribution >= 0.6 is 0 Å². The van der Waals surface area contributed by atoms with Crippen molar-refractivity contribution in [2.24, 2.45) is 0 Å². The molecule has 4 rings (SSSR count). The van der Waals surface area contributed by atoms with Gasteiger partial charge in [-0.25, -0.2) is 4.68 Å². The zero-order valence-corrected chi connectivity index (χ0v) is 16.4. The first-order valence-electron chi connectivity index (χ1n) is 9.65. The number of rotatable bonds is 4. The van der Waals surface area contributed by atoms with Crippen molar-refractivity contribution in [3.05, 3.63) is 77.4 Å². The summed E-state index contributed by atoms with van der Waals surface area (Å²) in [6.45, 7) is 8.00. The molecule has 1 saturated heterocycles. The number of piperazine rings is 1. The van der Waals surface area contributed by atoms with Gasteiger partial charge in [0, 0.05) is 45.1 Å². The van der Waals surface area contributed by atoms with E-state index in [9.17, 15) is 4.79 Å². The first kappa shape index (κ1) is 18.4. The highest BCUT2D eigenvalue weighted by molar-refractivity contribution is 5.96. The minimum Gasteiger partial charge on any atom is -0.336 e. The predicted octanol–water partition coefficient (Wildman–Crippen LogP) is 2.84. The van der Waals surface area contributed by atoms with E-state index >= 15 is 0 Å². The third kappa shape index (κ3) is 3.68. The Hall–Kier alpha value is -2.99. The lowest BCUT2D eigenvalue weighted by atomic mass is 10.1. The molecule has 1 aliphatic heterocycles. The van der Waals surface area contributed by atoms with Crippen molar-refractivity contribution in [1.82, 2.24) is 24.6 Å². The van der Waals surface area contributed by atoms with Crippen molar-refractivity contribution in [3.8, 4) is 5.69 Å². The molecule has 3 aromatic rings. The van der Waals surface area contributed by atoms with E-state index in [1.165, 1.54) is 5.56 Å². The van der Waals surface area contributed by atoms with Gasteiger partial charge >= 0.3 is 0 Å². The van der Waals surface area contributed by atoms with Crippen molar-refractivity contribution < 1.29 is 4.79 Å². The van der Waals surface area contributed by atoms with Crippen LogP contribution in [0.3, 0.4) is 0 Å². The standard InChI is InChI=1S/C22H25N5O/c1-17-21(18(2)27(24-17)20-6-4-3-5-7-20)22(28)26-14-12-25(13-15-26)16-19-8-10-23-11-9-19/h3-11H,12-16H2,1-2H3. The highest BCUT2D eigenvalue weighted by Crippen LogP contribution is 2.20. The Labute approximate surface area is 165 Å². The smallest absolute Gasteiger partial charge is 0.257 e. The molecule has 0 spiro atoms. The molecule has 0 saturated carbocycles. The van der Waals surface area contributed by atoms with E-state index < -0.39 is 0 Å². The predicted molar refractivity (Wildman–Crippen MR) is 108 cm³/mol. The van der Waals surface area contributed by atoms with E-state index in [0.717, 1.165) is 55.4 Å². The van der Waals surface area contributed by atoms with Gasteiger partial charge in [-0.1, -0.05) is 18.2 Å². The number of benzene rings is 1. The van der Waals surface area contributed by atoms with Gasteiger partial charge in [-0.15, -0.1) is 0 Å². The first-order valence-corrected chi connectivity index (χ1v) is 9.65. The first-order chi connectivity index (χ1) is 13.6. The normalized spacial score (nSPS) is 15.0. The fraction of sp³-hybridized carbons (Fsp3) is 0.318. The number of hydrogen-bond acceptors (Lipinski definition) is 4. The van der Waals surface area contributed by atoms with Gasteiger partial charge in [-0.05, 0) is 43.7 Å². The molecule has 0 aliphatic carbocycles. The molecule has 1 fully saturated rings. The third-order valence-corrected chi connectivity index (χ3v) is 5.32. The molecule has 0 unspecified atom stereocenters. The second-order valence-corrected chi connectivity index (χ2v) is 7.22. The lowest BCUT2D eigenvalue weighted by molar-refractivity contribution is 0.0627. The van der Waals surface area contributed by atoms with E-state index in [0.29, 0.717) is 0 Å². The Bertz CT molecular complexity index is 944. The number of hydrogen-bond donors (Lipinski definition) is 0. The van der Waals surface area contributed by atoms with Crippen LogP contribution in [0.5, 0.6) is 0 Å². The number of aromatic nitrogens is 3. The van der Waals surface area contributed by atoms with Crippen LogP contribution in [0.2, 0.25) is 0 Å². The SMILES string of the molecule is Cc1nn(-c2ccccc2)c(C)c1C(=O)N1CCN(Cc2ccncc2)CC1. The van der Waals surface area contributed by atoms with Crippen LogP contribution in [-0.2, 0) is 6.54 Å². The summed E-state index contributed by atoms with van der Waals surface area (Å²) in [7, 11) is 0. The van der Waals surface area contributed by atoms with Gasteiger partial charge in [0.1, 0.15) is 0 Å². The van der Waals surface area contributed by atoms with Gasteiger partial charge in [0.25, 0.3) is 5.91 Å². The highest BCUT2D eigenvalue weighted by atomic mass is 16.2. The molecule has 0 N–H and O–H groups in total. The Morgan fingerprint density at radius 3 is 2.32 bits per heavy atom. The molecule has 0 bridgehead atoms. The molecule has 6 nitrogen and oxygen atoms in total. The average Bonchev–Trinajstić information content (AvgIpc) is 3.03. The summed E-state index contributed by atoms with van der Waals surface area (Å²) in [6.07, 6.45) is 3.65. The van der Waals surface area contributed by atoms with E-state index in [4.69, 9.17) is 0 Å². The molecule has 2 aromatic heterocycles. The minimum atomic E-state index is 0.0840. The highest BCUT2D eigenvalue weighted by Gasteiger charge is 2.27. The molecule has 6 heteroatoms. The van der Waals surface area contributed by atoms with Crippen LogP contribution in [0.4, 0.5) is 0 Å². The number of carbonyl (C=O) groups excluding carboxylic acids is 1. The second kappa shape index (κ2) is 7.94. The maximum atomic E-state index is 13.2. The van der Waals surface area contributed by atoms with E-state index in [2.05, 4.69) is 15.0 Å². The van der Waals surface area contributed by atoms with Crippen LogP contribution in [-0.4, -0.2) is 56.7 Å². The Balaban J connectivity index is 1.45. The summed E-state index contributed by atoms with van der Waals surface area (Å²) in [6, 6.07) is 14.0. The largest absolute Gasteiger partial charge is 0.336 e. The molecular formula is C22H25N5O. The summed E-state index contributed by atoms with van der Waals surface area (Å²) in [4.78, 5) is 21.6. The van der Waals surface area contributed by atoms with Crippen LogP contribution in [0, 0.1) is 13.8 Å². The van der Waals surface area contributed by atoms with Gasteiger partial charge in [0.2, 0.25) is 0 Å². The van der Waals surface area contributed by atoms with Crippen LogP contribution in [0.1, 0.15) is 27.3 Å². The van der Waals surface area contributed by atoms with E-state index in [1.54, 1.807) is 0 Å². The van der Waals surface area contributed by atoms with Crippen LogP contribution in [0.25, 0.3) is 5.69 Å². The number of para-hydroxylation sites is 1. The van der Waals surface area contributed by atoms with Crippen LogP contribution in [0.15, 0.2) is 54.9 Å². The zero-order chi connectivity index (χ0) is 19.5. The summed E-state index contributed by atoms with van der Waals surface area (Å²) in [5.74, 6) is 0.0840. The molecule has 1 amide bonds. The third-order valence-electron chi connectivity index (χ3n) is 5.32. The quantitative estimate of drug-likeness (QED) is 0.704. The van der Waals surface area contributed by atoms with Crippen molar-refractivity contribution >= 4 is 5.91 Å². The molecule has 144 valence electrons. The number of carbonyl (C=O) groups is 1. The van der Waals surface area contributed by atoms with Gasteiger partial charge in [-0.2, -0.15) is 5.10 Å². The maximum Gasteiger partial charge on any atom is 0.257 e. The maximum absolute atomic E-state index is 13.2. The summed E-state index contributed by atoms with van der Waals surface area (Å²) >= 11 is 0. The molecular weight excluding hydrogens is 350 g/mol. The van der Waals surface area contributed by atoms with Gasteiger partial charge in [0.15, 0.2) is 0 Å². The number of nitrogens with zero attached hydrogens (tertiary/aromatic N) is 5. The lowest BCUT2D eigenvalue weighted by Gasteiger charge is -2.34. The Kier molecular flexibility index (Phi) is 5.21. The number of aryl methyl sites for hydroxylation is 1. The lowest BCUT2D eigenvalue weighted by Crippen LogP contribution is -2.48. The monoisotopic (exact) mass is 375 g/mol. The Morgan fingerprint density at radius 1 is 0.964 bits per heavy atom. The zero-order valence-electron chi connectivity index (χ0n) is 16.4. The summed E-state index contributed by atoms with van der Waals surface area (Å²) in [5, 5.41) is 4.62. The molecule has 1 aromatic carbocycles. The van der Waals surface area contributed by atoms with Crippen molar-refractivity contribution in [2.75, 3.05) is 26.2 Å². The van der Waals surface area contributed by atoms with Gasteiger partial charge in [-0.3, -0.25) is 14.7 Å². The van der Waals surface area contributed by atoms with E-state index in [-0.39, 0.29) is 5.91 Å². The van der Waals surface area contributed by atoms with Gasteiger partial charge < -0.3 is 4.90 Å². The average molecular weight is 375 g/mol. The van der Waals surface area contributed by atoms with Crippen LogP contribution < -0.4 is 0 Å². The minimum absolute atomic E-state index is 0.0840. The topological polar surface area (TPSA) is 54.3 Å². The molecule has 28 heavy (non-hydrogen) atoms. The summed E-state index contributed by atoms with van der Waals surface area (Å²) < 4.78 is 1.86. The molecule has 1 aliphatic rings.